The summed E-state index contributed by atoms with van der Waals surface area (Å²) in [5.41, 5.74) is 6.23. The van der Waals surface area contributed by atoms with Gasteiger partial charge in [-0.25, -0.2) is 18.7 Å². The topological polar surface area (TPSA) is 51.8 Å². The predicted octanol–water partition coefficient (Wildman–Crippen LogP) is 3.45. The third-order valence-electron chi connectivity index (χ3n) is 2.96. The maximum absolute atomic E-state index is 13.6. The van der Waals surface area contributed by atoms with Crippen LogP contribution in [-0.4, -0.2) is 9.97 Å². The standard InChI is InChI=1S/C14H11F2N3S/c1-7-4-10-13(17)18-12(19-14(10)20-7)5-8-2-3-9(15)6-11(8)16/h2-4,6H,5H2,1H3,(H2,17,18,19). The van der Waals surface area contributed by atoms with Crippen LogP contribution in [0.2, 0.25) is 0 Å². The summed E-state index contributed by atoms with van der Waals surface area (Å²) in [6, 6.07) is 5.40. The number of hydrogen-bond acceptors (Lipinski definition) is 4. The fourth-order valence-electron chi connectivity index (χ4n) is 2.02. The van der Waals surface area contributed by atoms with Gasteiger partial charge in [-0.15, -0.1) is 11.3 Å². The van der Waals surface area contributed by atoms with Gasteiger partial charge >= 0.3 is 0 Å². The summed E-state index contributed by atoms with van der Waals surface area (Å²) < 4.78 is 26.5. The van der Waals surface area contributed by atoms with Crippen molar-refractivity contribution in [3.63, 3.8) is 0 Å². The molecule has 0 aliphatic heterocycles. The Morgan fingerprint density at radius 3 is 2.75 bits per heavy atom. The van der Waals surface area contributed by atoms with E-state index in [9.17, 15) is 8.78 Å². The van der Waals surface area contributed by atoms with Crippen LogP contribution in [0.4, 0.5) is 14.6 Å². The largest absolute Gasteiger partial charge is 0.383 e. The molecule has 1 aromatic carbocycles. The van der Waals surface area contributed by atoms with Gasteiger partial charge in [-0.3, -0.25) is 0 Å². The van der Waals surface area contributed by atoms with Crippen LogP contribution in [0.1, 0.15) is 16.3 Å². The van der Waals surface area contributed by atoms with Crippen LogP contribution >= 0.6 is 11.3 Å². The van der Waals surface area contributed by atoms with E-state index in [2.05, 4.69) is 9.97 Å². The van der Waals surface area contributed by atoms with E-state index in [1.165, 1.54) is 23.5 Å². The van der Waals surface area contributed by atoms with E-state index in [0.717, 1.165) is 21.2 Å². The van der Waals surface area contributed by atoms with Crippen molar-refractivity contribution in [2.24, 2.45) is 0 Å². The first-order valence-corrected chi connectivity index (χ1v) is 6.81. The second-order valence-electron chi connectivity index (χ2n) is 4.51. The number of rotatable bonds is 2. The number of hydrogen-bond donors (Lipinski definition) is 1. The van der Waals surface area contributed by atoms with Gasteiger partial charge in [-0.1, -0.05) is 6.07 Å². The van der Waals surface area contributed by atoms with Crippen molar-refractivity contribution in [3.05, 3.63) is 52.2 Å². The summed E-state index contributed by atoms with van der Waals surface area (Å²) in [7, 11) is 0. The number of halogens is 2. The molecule has 0 bridgehead atoms. The van der Waals surface area contributed by atoms with Gasteiger partial charge < -0.3 is 5.73 Å². The molecule has 2 N–H and O–H groups in total. The first-order valence-electron chi connectivity index (χ1n) is 5.99. The Hall–Kier alpha value is -2.08. The summed E-state index contributed by atoms with van der Waals surface area (Å²) in [6.07, 6.45) is 0.184. The van der Waals surface area contributed by atoms with Gasteiger partial charge in [0.15, 0.2) is 0 Å². The molecule has 3 rings (SSSR count). The Kier molecular flexibility index (Phi) is 3.10. The van der Waals surface area contributed by atoms with E-state index in [1.54, 1.807) is 0 Å². The molecule has 102 valence electrons. The zero-order chi connectivity index (χ0) is 14.3. The molecule has 2 heterocycles. The second-order valence-corrected chi connectivity index (χ2v) is 5.75. The Bertz CT molecular complexity index is 798. The van der Waals surface area contributed by atoms with Crippen LogP contribution in [0.3, 0.4) is 0 Å². The molecule has 0 aliphatic rings. The minimum Gasteiger partial charge on any atom is -0.383 e. The first kappa shape index (κ1) is 12.9. The molecular weight excluding hydrogens is 280 g/mol. The lowest BCUT2D eigenvalue weighted by Gasteiger charge is -2.04. The van der Waals surface area contributed by atoms with Gasteiger partial charge in [0.25, 0.3) is 0 Å². The lowest BCUT2D eigenvalue weighted by Crippen LogP contribution is -2.02. The molecule has 0 unspecified atom stereocenters. The van der Waals surface area contributed by atoms with Crippen LogP contribution in [0.15, 0.2) is 24.3 Å². The van der Waals surface area contributed by atoms with E-state index in [0.29, 0.717) is 17.2 Å². The van der Waals surface area contributed by atoms with Crippen LogP contribution < -0.4 is 5.73 Å². The number of nitrogens with zero attached hydrogens (tertiary/aromatic N) is 2. The highest BCUT2D eigenvalue weighted by Gasteiger charge is 2.11. The highest BCUT2D eigenvalue weighted by molar-refractivity contribution is 7.18. The fourth-order valence-corrected chi connectivity index (χ4v) is 2.93. The number of aryl methyl sites for hydroxylation is 1. The Morgan fingerprint density at radius 1 is 1.20 bits per heavy atom. The van der Waals surface area contributed by atoms with Crippen molar-refractivity contribution in [1.82, 2.24) is 9.97 Å². The molecule has 0 atom stereocenters. The van der Waals surface area contributed by atoms with E-state index in [4.69, 9.17) is 5.73 Å². The van der Waals surface area contributed by atoms with Crippen LogP contribution in [0.25, 0.3) is 10.2 Å². The summed E-state index contributed by atoms with van der Waals surface area (Å²) in [5, 5.41) is 0.816. The maximum atomic E-state index is 13.6. The quantitative estimate of drug-likeness (QED) is 0.786. The van der Waals surface area contributed by atoms with E-state index >= 15 is 0 Å². The van der Waals surface area contributed by atoms with Crippen LogP contribution in [0, 0.1) is 18.6 Å². The van der Waals surface area contributed by atoms with Crippen molar-refractivity contribution in [2.75, 3.05) is 5.73 Å². The number of aromatic nitrogens is 2. The lowest BCUT2D eigenvalue weighted by molar-refractivity contribution is 0.573. The molecule has 3 nitrogen and oxygen atoms in total. The summed E-state index contributed by atoms with van der Waals surface area (Å²) in [4.78, 5) is 10.4. The summed E-state index contributed by atoms with van der Waals surface area (Å²) in [6.45, 7) is 1.96. The number of nitrogens with two attached hydrogens (primary N) is 1. The van der Waals surface area contributed by atoms with Crippen molar-refractivity contribution in [3.8, 4) is 0 Å². The van der Waals surface area contributed by atoms with Gasteiger partial charge in [-0.2, -0.15) is 0 Å². The molecular formula is C14H11F2N3S. The van der Waals surface area contributed by atoms with E-state index < -0.39 is 11.6 Å². The number of nitrogen functional groups attached to an aromatic ring is 1. The van der Waals surface area contributed by atoms with Gasteiger partial charge in [0, 0.05) is 17.4 Å². The molecule has 0 amide bonds. The number of fused-ring (bicyclic) bond motifs is 1. The first-order chi connectivity index (χ1) is 9.52. The molecule has 3 aromatic rings. The van der Waals surface area contributed by atoms with Crippen molar-refractivity contribution < 1.29 is 8.78 Å². The molecule has 0 radical (unpaired) electrons. The normalized spacial score (nSPS) is 11.2. The Labute approximate surface area is 118 Å². The van der Waals surface area contributed by atoms with Crippen molar-refractivity contribution in [2.45, 2.75) is 13.3 Å². The fraction of sp³-hybridized carbons (Fsp3) is 0.143. The minimum atomic E-state index is -0.602. The molecule has 0 spiro atoms. The van der Waals surface area contributed by atoms with Gasteiger partial charge in [-0.05, 0) is 24.6 Å². The van der Waals surface area contributed by atoms with E-state index in [1.807, 2.05) is 13.0 Å². The summed E-state index contributed by atoms with van der Waals surface area (Å²) in [5.74, 6) is -0.384. The number of benzene rings is 1. The van der Waals surface area contributed by atoms with Gasteiger partial charge in [0.1, 0.15) is 28.1 Å². The van der Waals surface area contributed by atoms with Crippen molar-refractivity contribution in [1.29, 1.82) is 0 Å². The second kappa shape index (κ2) is 4.79. The highest BCUT2D eigenvalue weighted by atomic mass is 32.1. The minimum absolute atomic E-state index is 0.184. The predicted molar refractivity (Wildman–Crippen MR) is 75.7 cm³/mol. The van der Waals surface area contributed by atoms with Gasteiger partial charge in [0.05, 0.1) is 5.39 Å². The maximum Gasteiger partial charge on any atom is 0.136 e. The van der Waals surface area contributed by atoms with Crippen molar-refractivity contribution >= 4 is 27.4 Å². The molecule has 0 saturated carbocycles. The molecule has 0 saturated heterocycles. The molecule has 20 heavy (non-hydrogen) atoms. The molecule has 6 heteroatoms. The number of anilines is 1. The average molecular weight is 291 g/mol. The Morgan fingerprint density at radius 2 is 2.00 bits per heavy atom. The third kappa shape index (κ3) is 2.34. The Balaban J connectivity index is 2.02. The average Bonchev–Trinajstić information content (AvgIpc) is 2.74. The van der Waals surface area contributed by atoms with Crippen LogP contribution in [-0.2, 0) is 6.42 Å². The zero-order valence-corrected chi connectivity index (χ0v) is 11.5. The molecule has 0 aliphatic carbocycles. The van der Waals surface area contributed by atoms with Crippen LogP contribution in [0.5, 0.6) is 0 Å². The van der Waals surface area contributed by atoms with Gasteiger partial charge in [0.2, 0.25) is 0 Å². The smallest absolute Gasteiger partial charge is 0.136 e. The highest BCUT2D eigenvalue weighted by Crippen LogP contribution is 2.27. The SMILES string of the molecule is Cc1cc2c(N)nc(Cc3ccc(F)cc3F)nc2s1. The zero-order valence-electron chi connectivity index (χ0n) is 10.7. The lowest BCUT2D eigenvalue weighted by atomic mass is 10.1. The van der Waals surface area contributed by atoms with E-state index in [-0.39, 0.29) is 6.42 Å². The number of thiophene rings is 1. The molecule has 0 fully saturated rings. The monoisotopic (exact) mass is 291 g/mol. The molecule has 2 aromatic heterocycles. The summed E-state index contributed by atoms with van der Waals surface area (Å²) >= 11 is 1.51. The third-order valence-corrected chi connectivity index (χ3v) is 3.90.